The lowest BCUT2D eigenvalue weighted by Gasteiger charge is -2.01. The van der Waals surface area contributed by atoms with Crippen LogP contribution in [0, 0.1) is 124 Å². The second kappa shape index (κ2) is 18.0. The topological polar surface area (TPSA) is 0 Å². The highest BCUT2D eigenvalue weighted by Crippen LogP contribution is 2.18. The monoisotopic (exact) mass is 748 g/mol. The molecule has 0 nitrogen and oxygen atoms in total. The molecule has 0 amide bonds. The Labute approximate surface area is 324 Å². The second-order valence-corrected chi connectivity index (χ2v) is 13.2. The van der Waals surface area contributed by atoms with Crippen LogP contribution in [0.5, 0.6) is 0 Å². The van der Waals surface area contributed by atoms with E-state index < -0.39 is 40.5 Å². The number of rotatable bonds is 0. The van der Waals surface area contributed by atoms with Gasteiger partial charge in [-0.15, -0.1) is 0 Å². The lowest BCUT2D eigenvalue weighted by molar-refractivity contribution is 0.575. The molecule has 276 valence electrons. The second-order valence-electron chi connectivity index (χ2n) is 13.2. The van der Waals surface area contributed by atoms with Crippen molar-refractivity contribution in [3.63, 3.8) is 0 Å². The third kappa shape index (κ3) is 10.6. The van der Waals surface area contributed by atoms with Crippen LogP contribution in [0.1, 0.15) is 77.9 Å². The summed E-state index contributed by atoms with van der Waals surface area (Å²) in [6.45, 7) is 11.4. The maximum atomic E-state index is 14.3. The van der Waals surface area contributed by atoms with Crippen LogP contribution in [0.4, 0.5) is 26.3 Å². The van der Waals surface area contributed by atoms with Crippen LogP contribution in [0.3, 0.4) is 0 Å². The fourth-order valence-electron chi connectivity index (χ4n) is 5.17. The van der Waals surface area contributed by atoms with E-state index in [1.807, 2.05) is 89.2 Å². The highest BCUT2D eigenvalue weighted by Gasteiger charge is 2.11. The summed E-state index contributed by atoms with van der Waals surface area (Å²) in [5, 5.41) is 0. The molecule has 6 aromatic rings. The van der Waals surface area contributed by atoms with Crippen LogP contribution in [0.2, 0.25) is 0 Å². The molecule has 0 saturated heterocycles. The van der Waals surface area contributed by atoms with E-state index in [0.29, 0.717) is 11.1 Å². The summed E-state index contributed by atoms with van der Waals surface area (Å²) in [6.07, 6.45) is 0. The van der Waals surface area contributed by atoms with E-state index in [1.165, 1.54) is 12.1 Å². The zero-order chi connectivity index (χ0) is 40.5. The van der Waals surface area contributed by atoms with Crippen molar-refractivity contribution in [1.82, 2.24) is 0 Å². The quantitative estimate of drug-likeness (QED) is 0.107. The van der Waals surface area contributed by atoms with Gasteiger partial charge >= 0.3 is 0 Å². The minimum absolute atomic E-state index is 0.0453. The summed E-state index contributed by atoms with van der Waals surface area (Å²) >= 11 is 0. The molecule has 0 fully saturated rings. The van der Waals surface area contributed by atoms with Crippen LogP contribution in [0.25, 0.3) is 0 Å². The first kappa shape index (κ1) is 40.3. The molecule has 56 heavy (non-hydrogen) atoms. The molecule has 0 aromatic heterocycles. The van der Waals surface area contributed by atoms with E-state index in [4.69, 9.17) is 0 Å². The number of aryl methyl sites for hydroxylation is 6. The van der Waals surface area contributed by atoms with Crippen molar-refractivity contribution >= 4 is 0 Å². The minimum Gasteiger partial charge on any atom is -0.206 e. The van der Waals surface area contributed by atoms with Crippen molar-refractivity contribution in [2.24, 2.45) is 0 Å². The first-order valence-corrected chi connectivity index (χ1v) is 17.4. The smallest absolute Gasteiger partial charge is 0.143 e. The van der Waals surface area contributed by atoms with Gasteiger partial charge in [0.2, 0.25) is 0 Å². The van der Waals surface area contributed by atoms with Gasteiger partial charge in [0, 0.05) is 27.8 Å². The Hall–Kier alpha value is -6.86. The minimum atomic E-state index is -0.893. The zero-order valence-corrected chi connectivity index (χ0v) is 31.5. The summed E-state index contributed by atoms with van der Waals surface area (Å²) < 4.78 is 85.0. The molecule has 0 heterocycles. The summed E-state index contributed by atoms with van der Waals surface area (Å²) in [5.74, 6) is 16.2. The van der Waals surface area contributed by atoms with Gasteiger partial charge in [0.25, 0.3) is 0 Å². The summed E-state index contributed by atoms with van der Waals surface area (Å²) in [7, 11) is 0. The molecule has 0 radical (unpaired) electrons. The van der Waals surface area contributed by atoms with Crippen LogP contribution in [-0.2, 0) is 0 Å². The Balaban J connectivity index is 0.000000215. The fraction of sp³-hybridized carbons (Fsp3) is 0.120. The van der Waals surface area contributed by atoms with E-state index in [-0.39, 0.29) is 22.3 Å². The molecule has 0 N–H and O–H groups in total. The van der Waals surface area contributed by atoms with Crippen LogP contribution < -0.4 is 0 Å². The van der Waals surface area contributed by atoms with Crippen molar-refractivity contribution in [3.8, 4) is 47.4 Å². The highest BCUT2D eigenvalue weighted by atomic mass is 19.2. The van der Waals surface area contributed by atoms with Crippen LogP contribution in [0.15, 0.2) is 97.1 Å². The maximum Gasteiger partial charge on any atom is 0.143 e. The standard InChI is InChI=1S/C25H16F4.C25H18F2/c1-15-10-22(26)20(23(27)11-15)9-7-19-13-24(28)21(25(29)14-19)8-6-18-5-4-16(2)17(3)12-18;1-17-4-7-20(8-5-17)10-11-22-15-24(26)23(25(27)16-22)13-12-21-9-6-18(2)19(3)14-21/h4-5,10-14H,1-3H3;4-9,14-16H,1-3H3. The van der Waals surface area contributed by atoms with Crippen molar-refractivity contribution in [2.45, 2.75) is 41.5 Å². The molecular formula is C50H34F6. The van der Waals surface area contributed by atoms with Gasteiger partial charge < -0.3 is 0 Å². The fourth-order valence-corrected chi connectivity index (χ4v) is 5.17. The molecular weight excluding hydrogens is 715 g/mol. The van der Waals surface area contributed by atoms with Gasteiger partial charge in [-0.3, -0.25) is 0 Å². The SMILES string of the molecule is Cc1cc(F)c(C#Cc2cc(F)c(C#Cc3ccc(C)c(C)c3)c(F)c2)c(F)c1.Cc1ccc(C#Cc2cc(F)c(C#Cc3ccc(C)c(C)c3)c(F)c2)cc1. The molecule has 0 aliphatic rings. The van der Waals surface area contributed by atoms with Gasteiger partial charge in [0.1, 0.15) is 34.9 Å². The van der Waals surface area contributed by atoms with E-state index in [0.717, 1.165) is 63.2 Å². The predicted octanol–water partition coefficient (Wildman–Crippen LogP) is 11.7. The number of benzene rings is 6. The van der Waals surface area contributed by atoms with Crippen molar-refractivity contribution in [3.05, 3.63) is 210 Å². The first-order valence-electron chi connectivity index (χ1n) is 17.4. The molecule has 0 aliphatic heterocycles. The number of hydrogen-bond acceptors (Lipinski definition) is 0. The molecule has 6 heteroatoms. The predicted molar refractivity (Wildman–Crippen MR) is 211 cm³/mol. The average molecular weight is 749 g/mol. The van der Waals surface area contributed by atoms with Crippen molar-refractivity contribution in [1.29, 1.82) is 0 Å². The lowest BCUT2D eigenvalue weighted by Crippen LogP contribution is -1.94. The van der Waals surface area contributed by atoms with E-state index in [9.17, 15) is 26.3 Å². The molecule has 0 spiro atoms. The Kier molecular flexibility index (Phi) is 12.9. The molecule has 0 aliphatic carbocycles. The Morgan fingerprint density at radius 2 is 0.571 bits per heavy atom. The summed E-state index contributed by atoms with van der Waals surface area (Å²) in [5.41, 5.74) is 7.21. The van der Waals surface area contributed by atoms with Gasteiger partial charge in [-0.05, 0) is 142 Å². The molecule has 0 saturated carbocycles. The first-order chi connectivity index (χ1) is 26.7. The van der Waals surface area contributed by atoms with Gasteiger partial charge in [-0.1, -0.05) is 77.2 Å². The average Bonchev–Trinajstić information content (AvgIpc) is 3.13. The zero-order valence-electron chi connectivity index (χ0n) is 31.5. The van der Waals surface area contributed by atoms with Gasteiger partial charge in [0.05, 0.1) is 16.7 Å². The Morgan fingerprint density at radius 1 is 0.268 bits per heavy atom. The maximum absolute atomic E-state index is 14.3. The Morgan fingerprint density at radius 3 is 0.946 bits per heavy atom. The van der Waals surface area contributed by atoms with Gasteiger partial charge in [0.15, 0.2) is 0 Å². The third-order valence-electron chi connectivity index (χ3n) is 8.68. The molecule has 0 atom stereocenters. The van der Waals surface area contributed by atoms with Gasteiger partial charge in [-0.2, -0.15) is 0 Å². The van der Waals surface area contributed by atoms with Crippen molar-refractivity contribution < 1.29 is 26.3 Å². The number of halogens is 6. The van der Waals surface area contributed by atoms with E-state index >= 15 is 0 Å². The van der Waals surface area contributed by atoms with Gasteiger partial charge in [-0.25, -0.2) is 26.3 Å². The van der Waals surface area contributed by atoms with Crippen LogP contribution >= 0.6 is 0 Å². The number of hydrogen-bond donors (Lipinski definition) is 0. The van der Waals surface area contributed by atoms with Crippen molar-refractivity contribution in [2.75, 3.05) is 0 Å². The molecule has 6 aromatic carbocycles. The largest absolute Gasteiger partial charge is 0.206 e. The lowest BCUT2D eigenvalue weighted by atomic mass is 10.1. The van der Waals surface area contributed by atoms with E-state index in [1.54, 1.807) is 13.0 Å². The van der Waals surface area contributed by atoms with Crippen LogP contribution in [-0.4, -0.2) is 0 Å². The third-order valence-corrected chi connectivity index (χ3v) is 8.68. The van der Waals surface area contributed by atoms with E-state index in [2.05, 4.69) is 47.4 Å². The molecule has 0 bridgehead atoms. The molecule has 6 rings (SSSR count). The summed E-state index contributed by atoms with van der Waals surface area (Å²) in [6, 6.07) is 25.5. The Bertz CT molecular complexity index is 2660. The molecule has 0 unspecified atom stereocenters. The summed E-state index contributed by atoms with van der Waals surface area (Å²) in [4.78, 5) is 0. The normalized spacial score (nSPS) is 9.93. The highest BCUT2D eigenvalue weighted by molar-refractivity contribution is 5.52.